The van der Waals surface area contributed by atoms with Crippen molar-refractivity contribution < 1.29 is 4.79 Å². The Balaban J connectivity index is 1.86. The van der Waals surface area contributed by atoms with Crippen LogP contribution < -0.4 is 10.6 Å². The number of aryl methyl sites for hydroxylation is 1. The predicted octanol–water partition coefficient (Wildman–Crippen LogP) is 4.29. The van der Waals surface area contributed by atoms with E-state index in [0.29, 0.717) is 6.54 Å². The van der Waals surface area contributed by atoms with Gasteiger partial charge in [0.25, 0.3) is 0 Å². The zero-order chi connectivity index (χ0) is 15.1. The summed E-state index contributed by atoms with van der Waals surface area (Å²) in [6, 6.07) is 15.9. The highest BCUT2D eigenvalue weighted by molar-refractivity contribution is 7.98. The molecule has 2 aromatic carbocycles. The minimum Gasteiger partial charge on any atom is -0.334 e. The summed E-state index contributed by atoms with van der Waals surface area (Å²) in [4.78, 5) is 13.1. The van der Waals surface area contributed by atoms with Gasteiger partial charge in [-0.05, 0) is 48.1 Å². The fourth-order valence-corrected chi connectivity index (χ4v) is 2.38. The Labute approximate surface area is 130 Å². The van der Waals surface area contributed by atoms with Crippen LogP contribution in [0.4, 0.5) is 10.5 Å². The SMILES string of the molecule is CCc1cccc(NC(=O)NCc2ccc(SC)cc2)c1. The van der Waals surface area contributed by atoms with E-state index < -0.39 is 0 Å². The van der Waals surface area contributed by atoms with E-state index in [2.05, 4.69) is 35.8 Å². The average Bonchev–Trinajstić information content (AvgIpc) is 2.53. The Hall–Kier alpha value is -1.94. The maximum Gasteiger partial charge on any atom is 0.319 e. The minimum absolute atomic E-state index is 0.183. The van der Waals surface area contributed by atoms with E-state index >= 15 is 0 Å². The van der Waals surface area contributed by atoms with Crippen molar-refractivity contribution in [1.82, 2.24) is 5.32 Å². The maximum absolute atomic E-state index is 11.9. The van der Waals surface area contributed by atoms with Gasteiger partial charge in [0.05, 0.1) is 0 Å². The number of hydrogen-bond donors (Lipinski definition) is 2. The second kappa shape index (κ2) is 7.74. The molecule has 110 valence electrons. The van der Waals surface area contributed by atoms with Crippen molar-refractivity contribution in [3.63, 3.8) is 0 Å². The molecule has 2 N–H and O–H groups in total. The molecule has 0 atom stereocenters. The van der Waals surface area contributed by atoms with Gasteiger partial charge in [0.2, 0.25) is 0 Å². The molecular weight excluding hydrogens is 280 g/mol. The number of hydrogen-bond acceptors (Lipinski definition) is 2. The Kier molecular flexibility index (Phi) is 5.69. The van der Waals surface area contributed by atoms with Gasteiger partial charge in [-0.25, -0.2) is 4.79 Å². The first kappa shape index (κ1) is 15.4. The van der Waals surface area contributed by atoms with E-state index in [1.54, 1.807) is 11.8 Å². The summed E-state index contributed by atoms with van der Waals surface area (Å²) in [6.45, 7) is 2.62. The lowest BCUT2D eigenvalue weighted by molar-refractivity contribution is 0.251. The van der Waals surface area contributed by atoms with E-state index in [0.717, 1.165) is 17.7 Å². The van der Waals surface area contributed by atoms with Crippen LogP contribution in [0.1, 0.15) is 18.1 Å². The van der Waals surface area contributed by atoms with E-state index in [9.17, 15) is 4.79 Å². The number of rotatable bonds is 5. The molecule has 2 aromatic rings. The van der Waals surface area contributed by atoms with Gasteiger partial charge in [0, 0.05) is 17.1 Å². The molecule has 0 aliphatic heterocycles. The van der Waals surface area contributed by atoms with Crippen LogP contribution in [0, 0.1) is 0 Å². The van der Waals surface area contributed by atoms with E-state index in [4.69, 9.17) is 0 Å². The first-order valence-electron chi connectivity index (χ1n) is 6.98. The third-order valence-corrected chi connectivity index (χ3v) is 3.95. The summed E-state index contributed by atoms with van der Waals surface area (Å²) in [5.41, 5.74) is 3.12. The molecule has 0 unspecified atom stereocenters. The highest BCUT2D eigenvalue weighted by Crippen LogP contribution is 2.15. The van der Waals surface area contributed by atoms with Gasteiger partial charge in [0.1, 0.15) is 0 Å². The molecule has 0 bridgehead atoms. The molecule has 0 aliphatic carbocycles. The number of benzene rings is 2. The lowest BCUT2D eigenvalue weighted by atomic mass is 10.1. The Morgan fingerprint density at radius 2 is 1.86 bits per heavy atom. The van der Waals surface area contributed by atoms with Crippen molar-refractivity contribution >= 4 is 23.5 Å². The monoisotopic (exact) mass is 300 g/mol. The summed E-state index contributed by atoms with van der Waals surface area (Å²) in [6.07, 6.45) is 3.00. The highest BCUT2D eigenvalue weighted by atomic mass is 32.2. The fourth-order valence-electron chi connectivity index (χ4n) is 1.97. The number of amides is 2. The molecule has 2 amide bonds. The van der Waals surface area contributed by atoms with E-state index in [-0.39, 0.29) is 6.03 Å². The van der Waals surface area contributed by atoms with Gasteiger partial charge in [-0.2, -0.15) is 0 Å². The Bertz CT molecular complexity index is 596. The van der Waals surface area contributed by atoms with E-state index in [1.165, 1.54) is 10.5 Å². The number of urea groups is 1. The van der Waals surface area contributed by atoms with Gasteiger partial charge < -0.3 is 10.6 Å². The molecular formula is C17H20N2OS. The normalized spacial score (nSPS) is 10.2. The summed E-state index contributed by atoms with van der Waals surface area (Å²) in [7, 11) is 0. The third-order valence-electron chi connectivity index (χ3n) is 3.21. The van der Waals surface area contributed by atoms with Crippen molar-refractivity contribution in [2.24, 2.45) is 0 Å². The highest BCUT2D eigenvalue weighted by Gasteiger charge is 2.02. The first-order chi connectivity index (χ1) is 10.2. The molecule has 2 rings (SSSR count). The van der Waals surface area contributed by atoms with Gasteiger partial charge in [-0.1, -0.05) is 31.2 Å². The third kappa shape index (κ3) is 4.83. The molecule has 0 aromatic heterocycles. The van der Waals surface area contributed by atoms with Gasteiger partial charge >= 0.3 is 6.03 Å². The summed E-state index contributed by atoms with van der Waals surface area (Å²) in [5, 5.41) is 5.72. The summed E-state index contributed by atoms with van der Waals surface area (Å²) in [5.74, 6) is 0. The maximum atomic E-state index is 11.9. The van der Waals surface area contributed by atoms with Crippen LogP contribution in [0.15, 0.2) is 53.4 Å². The van der Waals surface area contributed by atoms with Crippen molar-refractivity contribution in [2.45, 2.75) is 24.8 Å². The summed E-state index contributed by atoms with van der Waals surface area (Å²) < 4.78 is 0. The van der Waals surface area contributed by atoms with Crippen LogP contribution >= 0.6 is 11.8 Å². The molecule has 0 fully saturated rings. The van der Waals surface area contributed by atoms with Gasteiger partial charge in [0.15, 0.2) is 0 Å². The number of anilines is 1. The number of nitrogens with one attached hydrogen (secondary N) is 2. The zero-order valence-corrected chi connectivity index (χ0v) is 13.2. The second-order valence-corrected chi connectivity index (χ2v) is 5.59. The fraction of sp³-hybridized carbons (Fsp3) is 0.235. The molecule has 0 saturated heterocycles. The van der Waals surface area contributed by atoms with Crippen LogP contribution in [-0.2, 0) is 13.0 Å². The first-order valence-corrected chi connectivity index (χ1v) is 8.20. The van der Waals surface area contributed by atoms with E-state index in [1.807, 2.05) is 36.6 Å². The zero-order valence-electron chi connectivity index (χ0n) is 12.3. The van der Waals surface area contributed by atoms with Crippen LogP contribution in [0.5, 0.6) is 0 Å². The lowest BCUT2D eigenvalue weighted by Gasteiger charge is -2.09. The Morgan fingerprint density at radius 3 is 2.52 bits per heavy atom. The Morgan fingerprint density at radius 1 is 1.10 bits per heavy atom. The topological polar surface area (TPSA) is 41.1 Å². The molecule has 0 radical (unpaired) electrons. The average molecular weight is 300 g/mol. The molecule has 3 nitrogen and oxygen atoms in total. The van der Waals surface area contributed by atoms with Crippen LogP contribution in [0.2, 0.25) is 0 Å². The molecule has 21 heavy (non-hydrogen) atoms. The van der Waals surface area contributed by atoms with Crippen LogP contribution in [0.25, 0.3) is 0 Å². The second-order valence-electron chi connectivity index (χ2n) is 4.71. The number of carbonyl (C=O) groups is 1. The van der Waals surface area contributed by atoms with Crippen molar-refractivity contribution in [3.05, 3.63) is 59.7 Å². The smallest absolute Gasteiger partial charge is 0.319 e. The lowest BCUT2D eigenvalue weighted by Crippen LogP contribution is -2.28. The largest absolute Gasteiger partial charge is 0.334 e. The molecule has 0 spiro atoms. The summed E-state index contributed by atoms with van der Waals surface area (Å²) >= 11 is 1.71. The number of thioether (sulfide) groups is 1. The van der Waals surface area contributed by atoms with Gasteiger partial charge in [-0.3, -0.25) is 0 Å². The van der Waals surface area contributed by atoms with Crippen LogP contribution in [0.3, 0.4) is 0 Å². The molecule has 4 heteroatoms. The van der Waals surface area contributed by atoms with Gasteiger partial charge in [-0.15, -0.1) is 11.8 Å². The van der Waals surface area contributed by atoms with Crippen molar-refractivity contribution in [2.75, 3.05) is 11.6 Å². The molecule has 0 saturated carbocycles. The molecule has 0 aliphatic rings. The van der Waals surface area contributed by atoms with Crippen LogP contribution in [-0.4, -0.2) is 12.3 Å². The van der Waals surface area contributed by atoms with Crippen molar-refractivity contribution in [3.8, 4) is 0 Å². The van der Waals surface area contributed by atoms with Crippen molar-refractivity contribution in [1.29, 1.82) is 0 Å². The predicted molar refractivity (Wildman–Crippen MR) is 89.9 cm³/mol. The standard InChI is InChI=1S/C17H20N2OS/c1-3-13-5-4-6-15(11-13)19-17(20)18-12-14-7-9-16(21-2)10-8-14/h4-11H,3,12H2,1-2H3,(H2,18,19,20). The quantitative estimate of drug-likeness (QED) is 0.809. The molecule has 0 heterocycles. The minimum atomic E-state index is -0.183. The number of carbonyl (C=O) groups excluding carboxylic acids is 1.